The summed E-state index contributed by atoms with van der Waals surface area (Å²) in [4.78, 5) is 3.57. The molecular weight excluding hydrogens is 405 g/mol. The van der Waals surface area contributed by atoms with Crippen molar-refractivity contribution in [2.75, 3.05) is 0 Å². The summed E-state index contributed by atoms with van der Waals surface area (Å²) < 4.78 is 65.9. The first kappa shape index (κ1) is 22.6. The molecule has 6 nitrogen and oxygen atoms in total. The van der Waals surface area contributed by atoms with E-state index in [0.29, 0.717) is 16.8 Å². The van der Waals surface area contributed by atoms with Crippen molar-refractivity contribution < 1.29 is 21.6 Å². The van der Waals surface area contributed by atoms with Gasteiger partial charge in [0.05, 0.1) is 21.7 Å². The number of rotatable bonds is 7. The fourth-order valence-electron chi connectivity index (χ4n) is 2.60. The standard InChI is InChI=1S/C19H21F3N4O2S/c1-18(2,17(25-23)12-24-3)26-29(27,28)16-10-6-14(7-11-16)13-4-8-15(9-5-13)19(20,21)22/h4-12,25-26H,3,23H2,1-2H3/b17-12-. The topological polar surface area (TPSA) is 96.6 Å². The predicted molar refractivity (Wildman–Crippen MR) is 106 cm³/mol. The maximum atomic E-state index is 12.7. The van der Waals surface area contributed by atoms with Gasteiger partial charge in [-0.05, 0) is 56.0 Å². The fraction of sp³-hybridized carbons (Fsp3) is 0.211. The molecule has 4 N–H and O–H groups in total. The molecule has 156 valence electrons. The molecule has 0 radical (unpaired) electrons. The van der Waals surface area contributed by atoms with E-state index >= 15 is 0 Å². The lowest BCUT2D eigenvalue weighted by Crippen LogP contribution is -2.49. The minimum atomic E-state index is -4.41. The largest absolute Gasteiger partial charge is 0.416 e. The lowest BCUT2D eigenvalue weighted by atomic mass is 10.0. The number of nitrogens with one attached hydrogen (secondary N) is 2. The highest BCUT2D eigenvalue weighted by Crippen LogP contribution is 2.31. The molecule has 0 aliphatic carbocycles. The highest BCUT2D eigenvalue weighted by Gasteiger charge is 2.31. The van der Waals surface area contributed by atoms with Gasteiger partial charge in [-0.2, -0.15) is 17.9 Å². The third kappa shape index (κ3) is 5.43. The quantitative estimate of drug-likeness (QED) is 0.359. The van der Waals surface area contributed by atoms with E-state index in [2.05, 4.69) is 21.9 Å². The Hall–Kier alpha value is -2.69. The highest BCUT2D eigenvalue weighted by atomic mass is 32.2. The molecule has 0 aliphatic heterocycles. The summed E-state index contributed by atoms with van der Waals surface area (Å²) in [6.45, 7) is 6.50. The van der Waals surface area contributed by atoms with Crippen molar-refractivity contribution in [3.05, 3.63) is 66.0 Å². The minimum Gasteiger partial charge on any atom is -0.325 e. The zero-order chi connectivity index (χ0) is 21.9. The summed E-state index contributed by atoms with van der Waals surface area (Å²) in [6.07, 6.45) is -3.11. The van der Waals surface area contributed by atoms with Crippen molar-refractivity contribution in [1.82, 2.24) is 10.1 Å². The molecule has 0 saturated carbocycles. The summed E-state index contributed by atoms with van der Waals surface area (Å²) in [5.41, 5.74) is 1.95. The summed E-state index contributed by atoms with van der Waals surface area (Å²) >= 11 is 0. The Morgan fingerprint density at radius 1 is 1.03 bits per heavy atom. The van der Waals surface area contributed by atoms with Gasteiger partial charge in [0.1, 0.15) is 0 Å². The number of alkyl halides is 3. The molecule has 0 spiro atoms. The molecule has 0 amide bonds. The van der Waals surface area contributed by atoms with Crippen LogP contribution in [0.25, 0.3) is 11.1 Å². The van der Waals surface area contributed by atoms with E-state index in [4.69, 9.17) is 5.84 Å². The Morgan fingerprint density at radius 2 is 1.52 bits per heavy atom. The average molecular weight is 426 g/mol. The number of sulfonamides is 1. The van der Waals surface area contributed by atoms with E-state index in [1.165, 1.54) is 42.6 Å². The van der Waals surface area contributed by atoms with Gasteiger partial charge in [0.25, 0.3) is 0 Å². The van der Waals surface area contributed by atoms with E-state index in [-0.39, 0.29) is 4.90 Å². The second-order valence-corrected chi connectivity index (χ2v) is 8.38. The van der Waals surface area contributed by atoms with Gasteiger partial charge in [-0.25, -0.2) is 8.42 Å². The third-order valence-corrected chi connectivity index (χ3v) is 5.82. The molecule has 2 rings (SSSR count). The van der Waals surface area contributed by atoms with Crippen molar-refractivity contribution >= 4 is 16.7 Å². The van der Waals surface area contributed by atoms with Gasteiger partial charge >= 0.3 is 6.18 Å². The first-order chi connectivity index (χ1) is 13.4. The first-order valence-electron chi connectivity index (χ1n) is 8.35. The molecule has 0 bridgehead atoms. The van der Waals surface area contributed by atoms with Crippen LogP contribution in [-0.2, 0) is 16.2 Å². The number of halogens is 3. The van der Waals surface area contributed by atoms with Crippen LogP contribution in [0.1, 0.15) is 19.4 Å². The number of hydrogen-bond acceptors (Lipinski definition) is 5. The number of benzene rings is 2. The van der Waals surface area contributed by atoms with E-state index in [1.54, 1.807) is 13.8 Å². The van der Waals surface area contributed by atoms with Gasteiger partial charge in [0.2, 0.25) is 10.0 Å². The predicted octanol–water partition coefficient (Wildman–Crippen LogP) is 3.43. The SMILES string of the molecule is C=N/C=C(\NN)C(C)(C)NS(=O)(=O)c1ccc(-c2ccc(C(F)(F)F)cc2)cc1. The summed E-state index contributed by atoms with van der Waals surface area (Å²) in [6, 6.07) is 10.4. The third-order valence-electron chi connectivity index (χ3n) is 4.15. The van der Waals surface area contributed by atoms with Crippen molar-refractivity contribution in [3.8, 4) is 11.1 Å². The molecule has 0 fully saturated rings. The van der Waals surface area contributed by atoms with Gasteiger partial charge in [-0.1, -0.05) is 24.3 Å². The van der Waals surface area contributed by atoms with Crippen LogP contribution in [0.3, 0.4) is 0 Å². The van der Waals surface area contributed by atoms with Crippen LogP contribution in [0.5, 0.6) is 0 Å². The Labute approximate surface area is 167 Å². The second-order valence-electron chi connectivity index (χ2n) is 6.70. The number of hydrogen-bond donors (Lipinski definition) is 3. The molecule has 0 aliphatic rings. The Balaban J connectivity index is 2.27. The van der Waals surface area contributed by atoms with Gasteiger partial charge in [-0.15, -0.1) is 0 Å². The first-order valence-corrected chi connectivity index (χ1v) is 9.84. The minimum absolute atomic E-state index is 0.0100. The Morgan fingerprint density at radius 3 is 1.93 bits per heavy atom. The lowest BCUT2D eigenvalue weighted by molar-refractivity contribution is -0.137. The average Bonchev–Trinajstić information content (AvgIpc) is 2.64. The van der Waals surface area contributed by atoms with E-state index in [0.717, 1.165) is 12.1 Å². The van der Waals surface area contributed by atoms with Gasteiger partial charge in [0, 0.05) is 6.20 Å². The zero-order valence-corrected chi connectivity index (χ0v) is 16.6. The number of nitrogens with zero attached hydrogens (tertiary/aromatic N) is 1. The summed E-state index contributed by atoms with van der Waals surface area (Å²) in [5.74, 6) is 5.41. The van der Waals surface area contributed by atoms with E-state index < -0.39 is 27.3 Å². The highest BCUT2D eigenvalue weighted by molar-refractivity contribution is 7.89. The maximum Gasteiger partial charge on any atom is 0.416 e. The van der Waals surface area contributed by atoms with Crippen LogP contribution >= 0.6 is 0 Å². The molecule has 2 aromatic carbocycles. The van der Waals surface area contributed by atoms with E-state index in [1.807, 2.05) is 0 Å². The van der Waals surface area contributed by atoms with Crippen LogP contribution in [0, 0.1) is 0 Å². The number of hydrazine groups is 1. The molecule has 0 atom stereocenters. The van der Waals surface area contributed by atoms with Crippen LogP contribution < -0.4 is 16.0 Å². The maximum absolute atomic E-state index is 12.7. The molecule has 0 unspecified atom stereocenters. The smallest absolute Gasteiger partial charge is 0.325 e. The summed E-state index contributed by atoms with van der Waals surface area (Å²) in [5, 5.41) is 0. The molecule has 2 aromatic rings. The van der Waals surface area contributed by atoms with Gasteiger partial charge in [-0.3, -0.25) is 10.8 Å². The van der Waals surface area contributed by atoms with Gasteiger partial charge < -0.3 is 5.43 Å². The van der Waals surface area contributed by atoms with Crippen molar-refractivity contribution in [3.63, 3.8) is 0 Å². The molecule has 0 aromatic heterocycles. The Kier molecular flexibility index (Phi) is 6.51. The molecule has 0 heterocycles. The zero-order valence-electron chi connectivity index (χ0n) is 15.8. The fourth-order valence-corrected chi connectivity index (χ4v) is 3.99. The van der Waals surface area contributed by atoms with Crippen LogP contribution in [0.15, 0.2) is 70.3 Å². The number of nitrogens with two attached hydrogens (primary N) is 1. The Bertz CT molecular complexity index is 997. The monoisotopic (exact) mass is 426 g/mol. The van der Waals surface area contributed by atoms with Crippen molar-refractivity contribution in [2.45, 2.75) is 30.5 Å². The van der Waals surface area contributed by atoms with Gasteiger partial charge in [0.15, 0.2) is 0 Å². The van der Waals surface area contributed by atoms with Crippen molar-refractivity contribution in [1.29, 1.82) is 0 Å². The van der Waals surface area contributed by atoms with Crippen LogP contribution in [0.2, 0.25) is 0 Å². The molecular formula is C19H21F3N4O2S. The normalized spacial score (nSPS) is 13.2. The van der Waals surface area contributed by atoms with Crippen molar-refractivity contribution in [2.24, 2.45) is 10.8 Å². The van der Waals surface area contributed by atoms with Crippen LogP contribution in [-0.4, -0.2) is 20.7 Å². The number of aliphatic imine (C=N–C) groups is 1. The molecule has 29 heavy (non-hydrogen) atoms. The second kappa shape index (κ2) is 8.36. The molecule has 0 saturated heterocycles. The van der Waals surface area contributed by atoms with E-state index in [9.17, 15) is 21.6 Å². The lowest BCUT2D eigenvalue weighted by Gasteiger charge is -2.28. The summed E-state index contributed by atoms with van der Waals surface area (Å²) in [7, 11) is -3.91. The van der Waals surface area contributed by atoms with Crippen LogP contribution in [0.4, 0.5) is 13.2 Å². The molecule has 10 heteroatoms.